The van der Waals surface area contributed by atoms with Crippen LogP contribution < -0.4 is 5.32 Å². The molecule has 0 aliphatic heterocycles. The Bertz CT molecular complexity index is 311. The summed E-state index contributed by atoms with van der Waals surface area (Å²) < 4.78 is 6.69. The predicted octanol–water partition coefficient (Wildman–Crippen LogP) is -0.0493. The zero-order valence-corrected chi connectivity index (χ0v) is 9.06. The lowest BCUT2D eigenvalue weighted by atomic mass is 10.5. The first kappa shape index (κ1) is 11.6. The predicted molar refractivity (Wildman–Crippen MR) is 54.0 cm³/mol. The minimum absolute atomic E-state index is 0.199. The fourth-order valence-electron chi connectivity index (χ4n) is 1.17. The van der Waals surface area contributed by atoms with Crippen molar-refractivity contribution in [3.63, 3.8) is 0 Å². The minimum atomic E-state index is -0.250. The number of nitrogens with one attached hydrogen (secondary N) is 1. The van der Waals surface area contributed by atoms with Crippen molar-refractivity contribution < 1.29 is 9.53 Å². The summed E-state index contributed by atoms with van der Waals surface area (Å²) in [6, 6.07) is 0. The number of hydrogen-bond donors (Lipinski definition) is 1. The Hall–Kier alpha value is -1.43. The molecule has 1 heterocycles. The van der Waals surface area contributed by atoms with E-state index in [1.54, 1.807) is 13.3 Å². The van der Waals surface area contributed by atoms with Crippen LogP contribution in [0.2, 0.25) is 0 Å². The third-order valence-electron chi connectivity index (χ3n) is 1.89. The van der Waals surface area contributed by atoms with Gasteiger partial charge in [0.2, 0.25) is 0 Å². The van der Waals surface area contributed by atoms with Crippen molar-refractivity contribution in [1.82, 2.24) is 20.1 Å². The van der Waals surface area contributed by atoms with E-state index in [9.17, 15) is 4.79 Å². The van der Waals surface area contributed by atoms with Crippen LogP contribution in [0.4, 0.5) is 0 Å². The van der Waals surface area contributed by atoms with Gasteiger partial charge in [-0.05, 0) is 13.8 Å². The summed E-state index contributed by atoms with van der Waals surface area (Å²) in [4.78, 5) is 11.0. The maximum atomic E-state index is 11.0. The van der Waals surface area contributed by atoms with E-state index in [1.807, 2.05) is 11.5 Å². The van der Waals surface area contributed by atoms with Crippen molar-refractivity contribution in [1.29, 1.82) is 0 Å². The molecule has 0 fully saturated rings. The molecule has 0 unspecified atom stereocenters. The lowest BCUT2D eigenvalue weighted by Crippen LogP contribution is -2.25. The van der Waals surface area contributed by atoms with E-state index in [0.717, 1.165) is 12.4 Å². The number of ether oxygens (including phenoxy) is 1. The third kappa shape index (κ3) is 3.67. The van der Waals surface area contributed by atoms with E-state index < -0.39 is 0 Å². The smallest absolute Gasteiger partial charge is 0.319 e. The van der Waals surface area contributed by atoms with Gasteiger partial charge in [0.25, 0.3) is 0 Å². The molecule has 6 heteroatoms. The molecule has 15 heavy (non-hydrogen) atoms. The lowest BCUT2D eigenvalue weighted by molar-refractivity contribution is -0.142. The lowest BCUT2D eigenvalue weighted by Gasteiger charge is -2.05. The SMILES string of the molecule is CCOC(=O)CNCc1nncn1CC. The van der Waals surface area contributed by atoms with Gasteiger partial charge in [0.05, 0.1) is 19.7 Å². The molecule has 0 radical (unpaired) electrons. The number of aromatic nitrogens is 3. The second-order valence-electron chi connectivity index (χ2n) is 2.94. The molecular formula is C9H16N4O2. The highest BCUT2D eigenvalue weighted by Crippen LogP contribution is 1.93. The van der Waals surface area contributed by atoms with Gasteiger partial charge in [0.15, 0.2) is 0 Å². The van der Waals surface area contributed by atoms with Crippen molar-refractivity contribution in [3.05, 3.63) is 12.2 Å². The van der Waals surface area contributed by atoms with Crippen molar-refractivity contribution >= 4 is 5.97 Å². The Kier molecular flexibility index (Phi) is 4.76. The summed E-state index contributed by atoms with van der Waals surface area (Å²) in [5.41, 5.74) is 0. The van der Waals surface area contributed by atoms with Gasteiger partial charge in [-0.2, -0.15) is 0 Å². The van der Waals surface area contributed by atoms with E-state index in [2.05, 4.69) is 15.5 Å². The summed E-state index contributed by atoms with van der Waals surface area (Å²) >= 11 is 0. The number of hydrogen-bond acceptors (Lipinski definition) is 5. The maximum Gasteiger partial charge on any atom is 0.319 e. The van der Waals surface area contributed by atoms with Gasteiger partial charge in [-0.25, -0.2) is 0 Å². The van der Waals surface area contributed by atoms with E-state index >= 15 is 0 Å². The zero-order chi connectivity index (χ0) is 11.1. The Morgan fingerprint density at radius 3 is 3.07 bits per heavy atom. The van der Waals surface area contributed by atoms with Crippen molar-refractivity contribution in [2.45, 2.75) is 26.9 Å². The molecule has 0 aliphatic carbocycles. The van der Waals surface area contributed by atoms with Crippen LogP contribution in [0.25, 0.3) is 0 Å². The maximum absolute atomic E-state index is 11.0. The Balaban J connectivity index is 2.28. The molecule has 1 aromatic rings. The molecule has 1 N–H and O–H groups in total. The number of rotatable bonds is 6. The number of carbonyl (C=O) groups is 1. The third-order valence-corrected chi connectivity index (χ3v) is 1.89. The quantitative estimate of drug-likeness (QED) is 0.669. The second kappa shape index (κ2) is 6.13. The van der Waals surface area contributed by atoms with E-state index in [4.69, 9.17) is 4.74 Å². The number of aryl methyl sites for hydroxylation is 1. The van der Waals surface area contributed by atoms with Gasteiger partial charge >= 0.3 is 5.97 Å². The highest BCUT2D eigenvalue weighted by atomic mass is 16.5. The molecule has 0 aliphatic rings. The molecule has 0 saturated carbocycles. The first-order chi connectivity index (χ1) is 7.27. The van der Waals surface area contributed by atoms with Crippen LogP contribution in [-0.4, -0.2) is 33.9 Å². The molecule has 6 nitrogen and oxygen atoms in total. The van der Waals surface area contributed by atoms with E-state index in [-0.39, 0.29) is 12.5 Å². The molecular weight excluding hydrogens is 196 g/mol. The van der Waals surface area contributed by atoms with Gasteiger partial charge in [-0.3, -0.25) is 10.1 Å². The molecule has 0 amide bonds. The largest absolute Gasteiger partial charge is 0.465 e. The van der Waals surface area contributed by atoms with Crippen molar-refractivity contribution in [3.8, 4) is 0 Å². The number of nitrogens with zero attached hydrogens (tertiary/aromatic N) is 3. The average molecular weight is 212 g/mol. The summed E-state index contributed by atoms with van der Waals surface area (Å²) in [5.74, 6) is 0.571. The fourth-order valence-corrected chi connectivity index (χ4v) is 1.17. The molecule has 1 aromatic heterocycles. The Morgan fingerprint density at radius 2 is 2.40 bits per heavy atom. The summed E-state index contributed by atoms with van der Waals surface area (Å²) in [7, 11) is 0. The van der Waals surface area contributed by atoms with Crippen molar-refractivity contribution in [2.24, 2.45) is 0 Å². The van der Waals surface area contributed by atoms with Crippen LogP contribution in [0.1, 0.15) is 19.7 Å². The van der Waals surface area contributed by atoms with Gasteiger partial charge < -0.3 is 9.30 Å². The normalized spacial score (nSPS) is 10.3. The molecule has 0 spiro atoms. The van der Waals surface area contributed by atoms with Crippen LogP contribution in [0.5, 0.6) is 0 Å². The van der Waals surface area contributed by atoms with E-state index in [0.29, 0.717) is 13.2 Å². The van der Waals surface area contributed by atoms with Gasteiger partial charge in [-0.1, -0.05) is 0 Å². The summed E-state index contributed by atoms with van der Waals surface area (Å²) in [5, 5.41) is 10.7. The summed E-state index contributed by atoms with van der Waals surface area (Å²) in [6.45, 7) is 5.75. The Morgan fingerprint density at radius 1 is 1.60 bits per heavy atom. The van der Waals surface area contributed by atoms with Crippen LogP contribution in [-0.2, 0) is 22.6 Å². The van der Waals surface area contributed by atoms with Crippen LogP contribution in [0, 0.1) is 0 Å². The van der Waals surface area contributed by atoms with Crippen LogP contribution >= 0.6 is 0 Å². The zero-order valence-electron chi connectivity index (χ0n) is 9.06. The molecule has 0 saturated heterocycles. The number of carbonyl (C=O) groups excluding carboxylic acids is 1. The summed E-state index contributed by atoms with van der Waals surface area (Å²) in [6.07, 6.45) is 1.67. The van der Waals surface area contributed by atoms with Crippen LogP contribution in [0.3, 0.4) is 0 Å². The van der Waals surface area contributed by atoms with Crippen LogP contribution in [0.15, 0.2) is 6.33 Å². The Labute approximate surface area is 88.6 Å². The van der Waals surface area contributed by atoms with Gasteiger partial charge in [0.1, 0.15) is 12.2 Å². The highest BCUT2D eigenvalue weighted by Gasteiger charge is 2.04. The minimum Gasteiger partial charge on any atom is -0.465 e. The average Bonchev–Trinajstić information content (AvgIpc) is 2.66. The number of esters is 1. The molecule has 84 valence electrons. The molecule has 0 aromatic carbocycles. The molecule has 0 atom stereocenters. The molecule has 1 rings (SSSR count). The molecule has 0 bridgehead atoms. The fraction of sp³-hybridized carbons (Fsp3) is 0.667. The van der Waals surface area contributed by atoms with Crippen molar-refractivity contribution in [2.75, 3.05) is 13.2 Å². The van der Waals surface area contributed by atoms with E-state index in [1.165, 1.54) is 0 Å². The monoisotopic (exact) mass is 212 g/mol. The highest BCUT2D eigenvalue weighted by molar-refractivity contribution is 5.71. The first-order valence-corrected chi connectivity index (χ1v) is 5.01. The van der Waals surface area contributed by atoms with Gasteiger partial charge in [-0.15, -0.1) is 10.2 Å². The van der Waals surface area contributed by atoms with Gasteiger partial charge in [0, 0.05) is 6.54 Å². The second-order valence-corrected chi connectivity index (χ2v) is 2.94. The standard InChI is InChI=1S/C9H16N4O2/c1-3-13-7-11-12-8(13)5-10-6-9(14)15-4-2/h7,10H,3-6H2,1-2H3. The first-order valence-electron chi connectivity index (χ1n) is 5.01. The topological polar surface area (TPSA) is 69.0 Å².